The molecule has 4 heteroatoms. The van der Waals surface area contributed by atoms with Crippen LogP contribution in [-0.4, -0.2) is 39.0 Å². The Balaban J connectivity index is 3.59. The van der Waals surface area contributed by atoms with Crippen molar-refractivity contribution in [1.82, 2.24) is 0 Å². The first kappa shape index (κ1) is 14.6. The van der Waals surface area contributed by atoms with Gasteiger partial charge >= 0.3 is 0 Å². The maximum Gasteiger partial charge on any atom is 0.146 e. The van der Waals surface area contributed by atoms with Crippen LogP contribution in [0.5, 0.6) is 0 Å². The Morgan fingerprint density at radius 3 is 2.33 bits per heavy atom. The van der Waals surface area contributed by atoms with Crippen LogP contribution in [0, 0.1) is 5.92 Å². The summed E-state index contributed by atoms with van der Waals surface area (Å²) in [6.45, 7) is 7.86. The first-order valence-electron chi connectivity index (χ1n) is 5.46. The minimum atomic E-state index is -0.169. The van der Waals surface area contributed by atoms with E-state index >= 15 is 0 Å². The van der Waals surface area contributed by atoms with Crippen molar-refractivity contribution in [3.63, 3.8) is 0 Å². The third kappa shape index (κ3) is 8.54. The number of carbonyl (C=O) groups is 1. The smallest absolute Gasteiger partial charge is 0.146 e. The van der Waals surface area contributed by atoms with Gasteiger partial charge in [0, 0.05) is 13.2 Å². The van der Waals surface area contributed by atoms with E-state index in [1.807, 2.05) is 13.8 Å². The monoisotopic (exact) mass is 218 g/mol. The van der Waals surface area contributed by atoms with E-state index in [-0.39, 0.29) is 18.5 Å². The van der Waals surface area contributed by atoms with Gasteiger partial charge in [-0.2, -0.15) is 0 Å². The number of ether oxygens (including phenoxy) is 3. The number of Topliss-reactive ketones (excluding diaryl/α,β-unsaturated/α-hetero) is 1. The Labute approximate surface area is 91.9 Å². The minimum Gasteiger partial charge on any atom is -0.381 e. The van der Waals surface area contributed by atoms with Gasteiger partial charge in [0.05, 0.1) is 19.1 Å². The lowest BCUT2D eigenvalue weighted by Crippen LogP contribution is -2.24. The van der Waals surface area contributed by atoms with Crippen molar-refractivity contribution in [2.24, 2.45) is 5.92 Å². The van der Waals surface area contributed by atoms with Crippen LogP contribution in [0.4, 0.5) is 0 Å². The summed E-state index contributed by atoms with van der Waals surface area (Å²) in [7, 11) is 0. The molecule has 1 atom stereocenters. The summed E-state index contributed by atoms with van der Waals surface area (Å²) in [5.74, 6) is -0.0698. The molecular weight excluding hydrogens is 196 g/mol. The Kier molecular flexibility index (Phi) is 9.78. The molecule has 4 nitrogen and oxygen atoms in total. The third-order valence-corrected chi connectivity index (χ3v) is 1.93. The molecule has 1 unspecified atom stereocenters. The summed E-state index contributed by atoms with van der Waals surface area (Å²) in [4.78, 5) is 11.2. The van der Waals surface area contributed by atoms with Gasteiger partial charge in [0.2, 0.25) is 0 Å². The quantitative estimate of drug-likeness (QED) is 0.413. The number of ketones is 1. The molecule has 0 saturated heterocycles. The second kappa shape index (κ2) is 10.1. The SMILES string of the molecule is CCCOCC(COCOCC)C(C)=O. The molecular formula is C11H22O4. The highest BCUT2D eigenvalue weighted by atomic mass is 16.7. The maximum absolute atomic E-state index is 11.2. The lowest BCUT2D eigenvalue weighted by molar-refractivity contribution is -0.128. The summed E-state index contributed by atoms with van der Waals surface area (Å²) >= 11 is 0. The van der Waals surface area contributed by atoms with Gasteiger partial charge in [-0.3, -0.25) is 4.79 Å². The van der Waals surface area contributed by atoms with Crippen molar-refractivity contribution < 1.29 is 19.0 Å². The highest BCUT2D eigenvalue weighted by molar-refractivity contribution is 5.78. The maximum atomic E-state index is 11.2. The predicted octanol–water partition coefficient (Wildman–Crippen LogP) is 1.63. The molecule has 0 aliphatic heterocycles. The second-order valence-corrected chi connectivity index (χ2v) is 3.36. The van der Waals surface area contributed by atoms with E-state index in [4.69, 9.17) is 14.2 Å². The van der Waals surface area contributed by atoms with E-state index in [1.165, 1.54) is 0 Å². The largest absolute Gasteiger partial charge is 0.381 e. The van der Waals surface area contributed by atoms with E-state index in [0.29, 0.717) is 26.4 Å². The van der Waals surface area contributed by atoms with Crippen molar-refractivity contribution >= 4 is 5.78 Å². The zero-order valence-corrected chi connectivity index (χ0v) is 9.95. The van der Waals surface area contributed by atoms with Crippen molar-refractivity contribution in [1.29, 1.82) is 0 Å². The van der Waals surface area contributed by atoms with Gasteiger partial charge in [0.1, 0.15) is 12.6 Å². The van der Waals surface area contributed by atoms with Crippen molar-refractivity contribution in [3.05, 3.63) is 0 Å². The highest BCUT2D eigenvalue weighted by Gasteiger charge is 2.14. The second-order valence-electron chi connectivity index (χ2n) is 3.36. The van der Waals surface area contributed by atoms with Gasteiger partial charge in [0.15, 0.2) is 0 Å². The zero-order valence-electron chi connectivity index (χ0n) is 9.95. The van der Waals surface area contributed by atoms with Crippen LogP contribution < -0.4 is 0 Å². The summed E-state index contributed by atoms with van der Waals surface area (Å²) < 4.78 is 15.5. The van der Waals surface area contributed by atoms with E-state index in [9.17, 15) is 4.79 Å². The minimum absolute atomic E-state index is 0.0996. The summed E-state index contributed by atoms with van der Waals surface area (Å²) in [5.41, 5.74) is 0. The molecule has 0 heterocycles. The molecule has 0 bridgehead atoms. The molecule has 0 N–H and O–H groups in total. The molecule has 0 fully saturated rings. The fourth-order valence-corrected chi connectivity index (χ4v) is 0.985. The normalized spacial score (nSPS) is 12.7. The lowest BCUT2D eigenvalue weighted by Gasteiger charge is -2.14. The van der Waals surface area contributed by atoms with Crippen LogP contribution in [0.1, 0.15) is 27.2 Å². The first-order chi connectivity index (χ1) is 7.22. The van der Waals surface area contributed by atoms with Crippen LogP contribution in [0.2, 0.25) is 0 Å². The van der Waals surface area contributed by atoms with Crippen LogP contribution in [0.15, 0.2) is 0 Å². The molecule has 0 spiro atoms. The Morgan fingerprint density at radius 1 is 1.13 bits per heavy atom. The van der Waals surface area contributed by atoms with Gasteiger partial charge < -0.3 is 14.2 Å². The Bertz CT molecular complexity index is 159. The number of hydrogen-bond acceptors (Lipinski definition) is 4. The lowest BCUT2D eigenvalue weighted by atomic mass is 10.1. The standard InChI is InChI=1S/C11H22O4/c1-4-6-14-7-11(10(3)12)8-15-9-13-5-2/h11H,4-9H2,1-3H3. The van der Waals surface area contributed by atoms with Gasteiger partial charge in [-0.15, -0.1) is 0 Å². The average Bonchev–Trinajstić information content (AvgIpc) is 2.21. The summed E-state index contributed by atoms with van der Waals surface area (Å²) in [5, 5.41) is 0. The molecule has 0 aromatic rings. The van der Waals surface area contributed by atoms with E-state index < -0.39 is 0 Å². The molecule has 0 amide bonds. The molecule has 15 heavy (non-hydrogen) atoms. The van der Waals surface area contributed by atoms with Crippen LogP contribution in [0.25, 0.3) is 0 Å². The summed E-state index contributed by atoms with van der Waals surface area (Å²) in [6.07, 6.45) is 0.963. The molecule has 90 valence electrons. The fourth-order valence-electron chi connectivity index (χ4n) is 0.985. The van der Waals surface area contributed by atoms with Crippen LogP contribution >= 0.6 is 0 Å². The first-order valence-corrected chi connectivity index (χ1v) is 5.46. The molecule has 0 aromatic heterocycles. The highest BCUT2D eigenvalue weighted by Crippen LogP contribution is 2.01. The van der Waals surface area contributed by atoms with Gasteiger partial charge in [-0.25, -0.2) is 0 Å². The Hall–Kier alpha value is -0.450. The van der Waals surface area contributed by atoms with Gasteiger partial charge in [-0.1, -0.05) is 6.92 Å². The van der Waals surface area contributed by atoms with E-state index in [2.05, 4.69) is 0 Å². The van der Waals surface area contributed by atoms with Crippen molar-refractivity contribution in [2.45, 2.75) is 27.2 Å². The zero-order chi connectivity index (χ0) is 11.5. The number of rotatable bonds is 10. The van der Waals surface area contributed by atoms with E-state index in [1.54, 1.807) is 6.92 Å². The van der Waals surface area contributed by atoms with E-state index in [0.717, 1.165) is 6.42 Å². The predicted molar refractivity (Wildman–Crippen MR) is 57.7 cm³/mol. The van der Waals surface area contributed by atoms with Gasteiger partial charge in [0.25, 0.3) is 0 Å². The van der Waals surface area contributed by atoms with Gasteiger partial charge in [-0.05, 0) is 20.3 Å². The fraction of sp³-hybridized carbons (Fsp3) is 0.909. The molecule has 0 radical (unpaired) electrons. The molecule has 0 aliphatic carbocycles. The topological polar surface area (TPSA) is 44.8 Å². The van der Waals surface area contributed by atoms with Crippen LogP contribution in [-0.2, 0) is 19.0 Å². The van der Waals surface area contributed by atoms with Crippen molar-refractivity contribution in [3.8, 4) is 0 Å². The molecule has 0 saturated carbocycles. The Morgan fingerprint density at radius 2 is 1.80 bits per heavy atom. The van der Waals surface area contributed by atoms with Crippen molar-refractivity contribution in [2.75, 3.05) is 33.2 Å². The molecule has 0 aromatic carbocycles. The molecule has 0 rings (SSSR count). The summed E-state index contributed by atoms with van der Waals surface area (Å²) in [6, 6.07) is 0. The number of carbonyl (C=O) groups excluding carboxylic acids is 1. The number of hydrogen-bond donors (Lipinski definition) is 0. The molecule has 0 aliphatic rings. The third-order valence-electron chi connectivity index (χ3n) is 1.93. The average molecular weight is 218 g/mol. The van der Waals surface area contributed by atoms with Crippen LogP contribution in [0.3, 0.4) is 0 Å².